The number of aromatic nitrogens is 4. The summed E-state index contributed by atoms with van der Waals surface area (Å²) in [7, 11) is 1.54. The molecule has 0 bridgehead atoms. The Kier molecular flexibility index (Phi) is 2.12. The van der Waals surface area contributed by atoms with E-state index in [0.29, 0.717) is 16.7 Å². The molecule has 0 aliphatic rings. The number of aromatic amines is 1. The average molecular weight is 233 g/mol. The molecule has 0 saturated carbocycles. The molecule has 0 fully saturated rings. The van der Waals surface area contributed by atoms with E-state index in [9.17, 15) is 8.42 Å². The predicted octanol–water partition coefficient (Wildman–Crippen LogP) is 0.422. The number of fused-ring (bicyclic) bond motifs is 1. The Bertz CT molecular complexity index is 564. The number of nitrogens with zero attached hydrogens (tertiary/aromatic N) is 3. The van der Waals surface area contributed by atoms with E-state index in [-0.39, 0.29) is 5.75 Å². The van der Waals surface area contributed by atoms with Crippen LogP contribution in [0, 0.1) is 0 Å². The van der Waals surface area contributed by atoms with Crippen LogP contribution in [0.25, 0.3) is 11.2 Å². The van der Waals surface area contributed by atoms with E-state index in [1.165, 1.54) is 6.20 Å². The van der Waals surface area contributed by atoms with Gasteiger partial charge in [0.1, 0.15) is 5.52 Å². The first kappa shape index (κ1) is 9.35. The Morgan fingerprint density at radius 1 is 1.43 bits per heavy atom. The molecule has 0 saturated heterocycles. The van der Waals surface area contributed by atoms with Crippen molar-refractivity contribution < 1.29 is 8.42 Å². The van der Waals surface area contributed by atoms with Crippen molar-refractivity contribution in [1.29, 1.82) is 0 Å². The molecule has 0 aliphatic heterocycles. The van der Waals surface area contributed by atoms with Crippen LogP contribution in [0.1, 0.15) is 5.56 Å². The Balaban J connectivity index is 2.44. The van der Waals surface area contributed by atoms with Crippen LogP contribution in [0.4, 0.5) is 0 Å². The van der Waals surface area contributed by atoms with Gasteiger partial charge in [-0.05, 0) is 11.6 Å². The molecule has 0 atom stereocenters. The van der Waals surface area contributed by atoms with Crippen molar-refractivity contribution in [2.75, 3.05) is 0 Å². The fourth-order valence-corrected chi connectivity index (χ4v) is 1.99. The lowest BCUT2D eigenvalue weighted by atomic mass is 10.3. The van der Waals surface area contributed by atoms with Crippen molar-refractivity contribution in [3.8, 4) is 0 Å². The van der Waals surface area contributed by atoms with Crippen molar-refractivity contribution in [3.63, 3.8) is 0 Å². The van der Waals surface area contributed by atoms with Crippen LogP contribution in [0.2, 0.25) is 0 Å². The number of rotatable bonds is 2. The number of hydrogen-bond acceptors (Lipinski definition) is 5. The van der Waals surface area contributed by atoms with E-state index in [4.69, 9.17) is 10.7 Å². The van der Waals surface area contributed by atoms with Gasteiger partial charge in [0, 0.05) is 16.9 Å². The molecule has 0 unspecified atom stereocenters. The van der Waals surface area contributed by atoms with Crippen molar-refractivity contribution in [2.45, 2.75) is 5.75 Å². The van der Waals surface area contributed by atoms with E-state index in [2.05, 4.69) is 20.4 Å². The average Bonchev–Trinajstić information content (AvgIpc) is 2.47. The fourth-order valence-electron chi connectivity index (χ4n) is 1.06. The lowest BCUT2D eigenvalue weighted by Crippen LogP contribution is -1.95. The zero-order valence-electron chi connectivity index (χ0n) is 6.81. The number of halogens is 1. The zero-order valence-corrected chi connectivity index (χ0v) is 8.38. The molecule has 2 aromatic rings. The second-order valence-corrected chi connectivity index (χ2v) is 5.47. The predicted molar refractivity (Wildman–Crippen MR) is 50.2 cm³/mol. The van der Waals surface area contributed by atoms with Gasteiger partial charge in [0.25, 0.3) is 0 Å². The van der Waals surface area contributed by atoms with Crippen molar-refractivity contribution >= 4 is 30.9 Å². The summed E-state index contributed by atoms with van der Waals surface area (Å²) in [6.07, 6.45) is 1.41. The summed E-state index contributed by atoms with van der Waals surface area (Å²) in [4.78, 5) is 3.90. The normalized spacial score (nSPS) is 12.1. The Morgan fingerprint density at radius 2 is 2.21 bits per heavy atom. The molecule has 8 heteroatoms. The van der Waals surface area contributed by atoms with Crippen LogP contribution < -0.4 is 0 Å². The third-order valence-electron chi connectivity index (χ3n) is 1.57. The van der Waals surface area contributed by atoms with Gasteiger partial charge in [-0.15, -0.1) is 5.10 Å². The lowest BCUT2D eigenvalue weighted by molar-refractivity contribution is 0.609. The molecule has 0 aliphatic carbocycles. The van der Waals surface area contributed by atoms with E-state index in [1.54, 1.807) is 6.07 Å². The number of pyridine rings is 1. The Labute approximate surface area is 83.7 Å². The maximum Gasteiger partial charge on any atom is 0.236 e. The highest BCUT2D eigenvalue weighted by Crippen LogP contribution is 2.12. The summed E-state index contributed by atoms with van der Waals surface area (Å²) < 4.78 is 21.5. The minimum atomic E-state index is -3.56. The summed E-state index contributed by atoms with van der Waals surface area (Å²) in [5, 5.41) is 9.88. The van der Waals surface area contributed by atoms with Gasteiger partial charge >= 0.3 is 0 Å². The van der Waals surface area contributed by atoms with Gasteiger partial charge in [-0.1, -0.05) is 0 Å². The van der Waals surface area contributed by atoms with Gasteiger partial charge in [0.2, 0.25) is 14.7 Å². The van der Waals surface area contributed by atoms with Crippen LogP contribution in [0.3, 0.4) is 0 Å². The van der Waals surface area contributed by atoms with Crippen molar-refractivity contribution in [1.82, 2.24) is 20.4 Å². The Morgan fingerprint density at radius 3 is 2.93 bits per heavy atom. The maximum atomic E-state index is 10.8. The molecule has 1 N–H and O–H groups in total. The minimum absolute atomic E-state index is 0.260. The largest absolute Gasteiger partial charge is 0.236 e. The van der Waals surface area contributed by atoms with E-state index in [1.807, 2.05) is 0 Å². The summed E-state index contributed by atoms with van der Waals surface area (Å²) in [5.74, 6) is -0.260. The van der Waals surface area contributed by atoms with Crippen LogP contribution >= 0.6 is 10.7 Å². The van der Waals surface area contributed by atoms with E-state index >= 15 is 0 Å². The van der Waals surface area contributed by atoms with Crippen molar-refractivity contribution in [2.24, 2.45) is 0 Å². The fraction of sp³-hybridized carbons (Fsp3) is 0.167. The van der Waals surface area contributed by atoms with Crippen LogP contribution in [-0.4, -0.2) is 28.8 Å². The third kappa shape index (κ3) is 1.99. The smallest absolute Gasteiger partial charge is 0.233 e. The molecule has 0 amide bonds. The third-order valence-corrected chi connectivity index (χ3v) is 2.57. The Hall–Kier alpha value is -1.21. The molecule has 14 heavy (non-hydrogen) atoms. The molecule has 2 aromatic heterocycles. The van der Waals surface area contributed by atoms with Crippen LogP contribution in [-0.2, 0) is 14.8 Å². The highest BCUT2D eigenvalue weighted by molar-refractivity contribution is 8.13. The standard InChI is InChI=1S/C6H5ClN4O2S/c7-14(12,13)3-4-1-5-6(8-2-4)10-11-9-5/h1-2H,3H2,(H,8,9,10,11). The first-order valence-electron chi connectivity index (χ1n) is 3.62. The summed E-state index contributed by atoms with van der Waals surface area (Å²) >= 11 is 0. The first-order chi connectivity index (χ1) is 6.54. The minimum Gasteiger partial charge on any atom is -0.233 e. The van der Waals surface area contributed by atoms with Crippen LogP contribution in [0.5, 0.6) is 0 Å². The van der Waals surface area contributed by atoms with Gasteiger partial charge in [0.05, 0.1) is 5.75 Å². The molecule has 2 rings (SSSR count). The van der Waals surface area contributed by atoms with E-state index < -0.39 is 9.05 Å². The van der Waals surface area contributed by atoms with Gasteiger partial charge in [0.15, 0.2) is 0 Å². The van der Waals surface area contributed by atoms with Crippen molar-refractivity contribution in [3.05, 3.63) is 17.8 Å². The number of H-pyrrole nitrogens is 1. The zero-order chi connectivity index (χ0) is 10.2. The molecule has 6 nitrogen and oxygen atoms in total. The van der Waals surface area contributed by atoms with Gasteiger partial charge in [-0.2, -0.15) is 10.3 Å². The quantitative estimate of drug-likeness (QED) is 0.758. The molecule has 0 spiro atoms. The number of hydrogen-bond donors (Lipinski definition) is 1. The molecule has 2 heterocycles. The molecule has 0 aromatic carbocycles. The summed E-state index contributed by atoms with van der Waals surface area (Å²) in [5.41, 5.74) is 1.45. The molecular formula is C6H5ClN4O2S. The topological polar surface area (TPSA) is 88.6 Å². The monoisotopic (exact) mass is 232 g/mol. The summed E-state index contributed by atoms with van der Waals surface area (Å²) in [6.45, 7) is 0. The lowest BCUT2D eigenvalue weighted by Gasteiger charge is -1.95. The van der Waals surface area contributed by atoms with Gasteiger partial charge in [-0.25, -0.2) is 13.4 Å². The highest BCUT2D eigenvalue weighted by atomic mass is 35.7. The van der Waals surface area contributed by atoms with Gasteiger partial charge < -0.3 is 0 Å². The number of nitrogens with one attached hydrogen (secondary N) is 1. The second kappa shape index (κ2) is 3.18. The molecular weight excluding hydrogens is 228 g/mol. The molecule has 0 radical (unpaired) electrons. The van der Waals surface area contributed by atoms with E-state index in [0.717, 1.165) is 0 Å². The second-order valence-electron chi connectivity index (χ2n) is 2.69. The highest BCUT2D eigenvalue weighted by Gasteiger charge is 2.09. The SMILES string of the molecule is O=S(=O)(Cl)Cc1cnc2n[nH]nc2c1. The van der Waals surface area contributed by atoms with Crippen LogP contribution in [0.15, 0.2) is 12.3 Å². The molecule has 74 valence electrons. The first-order valence-corrected chi connectivity index (χ1v) is 6.10. The van der Waals surface area contributed by atoms with Gasteiger partial charge in [-0.3, -0.25) is 0 Å². The summed E-state index contributed by atoms with van der Waals surface area (Å²) in [6, 6.07) is 1.58. The maximum absolute atomic E-state index is 10.8.